The van der Waals surface area contributed by atoms with E-state index in [1.807, 2.05) is 6.92 Å². The van der Waals surface area contributed by atoms with Crippen molar-refractivity contribution in [2.24, 2.45) is 5.84 Å². The van der Waals surface area contributed by atoms with Gasteiger partial charge in [-0.3, -0.25) is 15.6 Å². The highest BCUT2D eigenvalue weighted by atomic mass is 35.5. The SMILES string of the molecule is Cc1cc(Cl)c(NC(=O)c2cnccc2NN)cc1Cl. The summed E-state index contributed by atoms with van der Waals surface area (Å²) in [5.74, 6) is 4.97. The molecule has 1 amide bonds. The minimum atomic E-state index is -0.382. The zero-order valence-electron chi connectivity index (χ0n) is 10.6. The van der Waals surface area contributed by atoms with Crippen molar-refractivity contribution < 1.29 is 4.79 Å². The van der Waals surface area contributed by atoms with E-state index in [9.17, 15) is 4.79 Å². The number of amides is 1. The Morgan fingerprint density at radius 3 is 2.70 bits per heavy atom. The monoisotopic (exact) mass is 310 g/mol. The lowest BCUT2D eigenvalue weighted by Gasteiger charge is -2.11. The van der Waals surface area contributed by atoms with Crippen LogP contribution in [0.25, 0.3) is 0 Å². The van der Waals surface area contributed by atoms with Gasteiger partial charge >= 0.3 is 0 Å². The van der Waals surface area contributed by atoms with Crippen LogP contribution in [0.2, 0.25) is 10.0 Å². The summed E-state index contributed by atoms with van der Waals surface area (Å²) in [7, 11) is 0. The van der Waals surface area contributed by atoms with Crippen molar-refractivity contribution in [1.82, 2.24) is 4.98 Å². The Kier molecular flexibility index (Phi) is 4.44. The second-order valence-electron chi connectivity index (χ2n) is 4.10. The highest BCUT2D eigenvalue weighted by molar-refractivity contribution is 6.36. The van der Waals surface area contributed by atoms with Gasteiger partial charge in [-0.15, -0.1) is 0 Å². The molecule has 7 heteroatoms. The molecule has 0 saturated heterocycles. The third-order valence-corrected chi connectivity index (χ3v) is 3.44. The van der Waals surface area contributed by atoms with Crippen molar-refractivity contribution in [3.05, 3.63) is 51.8 Å². The fraction of sp³-hybridized carbons (Fsp3) is 0.0769. The Hall–Kier alpha value is -1.82. The predicted octanol–water partition coefficient (Wildman–Crippen LogP) is 3.23. The molecular formula is C13H12Cl2N4O. The number of halogens is 2. The van der Waals surface area contributed by atoms with Crippen LogP contribution in [0.3, 0.4) is 0 Å². The van der Waals surface area contributed by atoms with Gasteiger partial charge in [0.15, 0.2) is 0 Å². The van der Waals surface area contributed by atoms with Gasteiger partial charge in [0.25, 0.3) is 5.91 Å². The van der Waals surface area contributed by atoms with Crippen LogP contribution in [-0.2, 0) is 0 Å². The first-order valence-corrected chi connectivity index (χ1v) is 6.46. The van der Waals surface area contributed by atoms with Crippen LogP contribution in [0.1, 0.15) is 15.9 Å². The van der Waals surface area contributed by atoms with Crippen molar-refractivity contribution in [2.75, 3.05) is 10.7 Å². The van der Waals surface area contributed by atoms with Crippen LogP contribution < -0.4 is 16.6 Å². The van der Waals surface area contributed by atoms with Crippen molar-refractivity contribution in [3.63, 3.8) is 0 Å². The average Bonchev–Trinajstić information content (AvgIpc) is 2.44. The van der Waals surface area contributed by atoms with E-state index in [2.05, 4.69) is 15.7 Å². The Bertz CT molecular complexity index is 661. The van der Waals surface area contributed by atoms with Crippen LogP contribution in [-0.4, -0.2) is 10.9 Å². The molecule has 0 atom stereocenters. The van der Waals surface area contributed by atoms with E-state index in [-0.39, 0.29) is 5.91 Å². The standard InChI is InChI=1S/C13H12Cl2N4O/c1-7-4-10(15)12(5-9(7)14)18-13(20)8-6-17-3-2-11(8)19-16/h2-6H,16H2,1H3,(H,17,19)(H,18,20). The molecule has 0 unspecified atom stereocenters. The van der Waals surface area contributed by atoms with E-state index in [4.69, 9.17) is 29.0 Å². The van der Waals surface area contributed by atoms with E-state index in [1.54, 1.807) is 18.2 Å². The molecule has 0 aliphatic rings. The van der Waals surface area contributed by atoms with Gasteiger partial charge < -0.3 is 10.7 Å². The zero-order chi connectivity index (χ0) is 14.7. The molecule has 2 aromatic rings. The number of hydrazine groups is 1. The predicted molar refractivity (Wildman–Crippen MR) is 81.2 cm³/mol. The number of nitrogens with two attached hydrogens (primary N) is 1. The highest BCUT2D eigenvalue weighted by Gasteiger charge is 2.13. The second kappa shape index (κ2) is 6.09. The van der Waals surface area contributed by atoms with Gasteiger partial charge in [0.1, 0.15) is 0 Å². The van der Waals surface area contributed by atoms with Crippen LogP contribution in [0, 0.1) is 6.92 Å². The van der Waals surface area contributed by atoms with E-state index in [0.29, 0.717) is 27.0 Å². The normalized spacial score (nSPS) is 10.2. The molecule has 1 aromatic heterocycles. The van der Waals surface area contributed by atoms with Gasteiger partial charge in [-0.1, -0.05) is 23.2 Å². The Morgan fingerprint density at radius 1 is 1.25 bits per heavy atom. The number of benzene rings is 1. The lowest BCUT2D eigenvalue weighted by atomic mass is 10.2. The Labute approximate surface area is 126 Å². The number of rotatable bonds is 3. The van der Waals surface area contributed by atoms with Crippen LogP contribution >= 0.6 is 23.2 Å². The lowest BCUT2D eigenvalue weighted by molar-refractivity contribution is 0.102. The van der Waals surface area contributed by atoms with Crippen LogP contribution in [0.15, 0.2) is 30.6 Å². The average molecular weight is 311 g/mol. The number of carbonyl (C=O) groups excluding carboxylic acids is 1. The third-order valence-electron chi connectivity index (χ3n) is 2.72. The molecule has 1 heterocycles. The highest BCUT2D eigenvalue weighted by Crippen LogP contribution is 2.29. The van der Waals surface area contributed by atoms with Gasteiger partial charge in [-0.25, -0.2) is 0 Å². The first-order chi connectivity index (χ1) is 9.52. The molecular weight excluding hydrogens is 299 g/mol. The maximum Gasteiger partial charge on any atom is 0.259 e. The smallest absolute Gasteiger partial charge is 0.259 e. The number of anilines is 2. The molecule has 0 radical (unpaired) electrons. The molecule has 0 fully saturated rings. The first-order valence-electron chi connectivity index (χ1n) is 5.70. The number of aryl methyl sites for hydroxylation is 1. The van der Waals surface area contributed by atoms with Crippen molar-refractivity contribution >= 4 is 40.5 Å². The van der Waals surface area contributed by atoms with Crippen molar-refractivity contribution in [3.8, 4) is 0 Å². The maximum atomic E-state index is 12.2. The summed E-state index contributed by atoms with van der Waals surface area (Å²) in [4.78, 5) is 16.1. The zero-order valence-corrected chi connectivity index (χ0v) is 12.1. The molecule has 0 spiro atoms. The minimum absolute atomic E-state index is 0.308. The number of nitrogens with zero attached hydrogens (tertiary/aromatic N) is 1. The summed E-state index contributed by atoms with van der Waals surface area (Å²) in [6, 6.07) is 4.88. The number of pyridine rings is 1. The summed E-state index contributed by atoms with van der Waals surface area (Å²) in [6.07, 6.45) is 2.94. The van der Waals surface area contributed by atoms with Gasteiger partial charge in [-0.2, -0.15) is 0 Å². The molecule has 104 valence electrons. The first kappa shape index (κ1) is 14.6. The molecule has 0 bridgehead atoms. The van der Waals surface area contributed by atoms with Gasteiger partial charge in [-0.05, 0) is 30.7 Å². The van der Waals surface area contributed by atoms with Crippen molar-refractivity contribution in [2.45, 2.75) is 6.92 Å². The van der Waals surface area contributed by atoms with Gasteiger partial charge in [0.2, 0.25) is 0 Å². The van der Waals surface area contributed by atoms with Crippen molar-refractivity contribution in [1.29, 1.82) is 0 Å². The number of nitrogen functional groups attached to an aromatic ring is 1. The molecule has 0 saturated carbocycles. The van der Waals surface area contributed by atoms with Crippen LogP contribution in [0.4, 0.5) is 11.4 Å². The number of carbonyl (C=O) groups is 1. The number of hydrogen-bond donors (Lipinski definition) is 3. The summed E-state index contributed by atoms with van der Waals surface area (Å²) in [5.41, 5.74) is 4.47. The minimum Gasteiger partial charge on any atom is -0.323 e. The van der Waals surface area contributed by atoms with Gasteiger partial charge in [0.05, 0.1) is 22.0 Å². The Balaban J connectivity index is 2.30. The fourth-order valence-electron chi connectivity index (χ4n) is 1.63. The number of hydrogen-bond acceptors (Lipinski definition) is 4. The summed E-state index contributed by atoms with van der Waals surface area (Å²) >= 11 is 12.1. The molecule has 0 aliphatic carbocycles. The molecule has 5 nitrogen and oxygen atoms in total. The van der Waals surface area contributed by atoms with E-state index in [0.717, 1.165) is 5.56 Å². The lowest BCUT2D eigenvalue weighted by Crippen LogP contribution is -2.17. The third kappa shape index (κ3) is 3.01. The number of nitrogens with one attached hydrogen (secondary N) is 2. The quantitative estimate of drug-likeness (QED) is 0.600. The van der Waals surface area contributed by atoms with Crippen LogP contribution in [0.5, 0.6) is 0 Å². The van der Waals surface area contributed by atoms with Gasteiger partial charge in [0, 0.05) is 17.4 Å². The largest absolute Gasteiger partial charge is 0.323 e. The Morgan fingerprint density at radius 2 is 2.00 bits per heavy atom. The molecule has 20 heavy (non-hydrogen) atoms. The summed E-state index contributed by atoms with van der Waals surface area (Å²) < 4.78 is 0. The molecule has 0 aliphatic heterocycles. The van der Waals surface area contributed by atoms with E-state index < -0.39 is 0 Å². The number of aromatic nitrogens is 1. The molecule has 4 N–H and O–H groups in total. The fourth-order valence-corrected chi connectivity index (χ4v) is 2.06. The second-order valence-corrected chi connectivity index (χ2v) is 4.92. The van der Waals surface area contributed by atoms with E-state index >= 15 is 0 Å². The summed E-state index contributed by atoms with van der Waals surface area (Å²) in [6.45, 7) is 1.83. The topological polar surface area (TPSA) is 80.0 Å². The molecule has 2 rings (SSSR count). The summed E-state index contributed by atoms with van der Waals surface area (Å²) in [5, 5.41) is 3.61. The maximum absolute atomic E-state index is 12.2. The van der Waals surface area contributed by atoms with E-state index in [1.165, 1.54) is 12.4 Å². The molecule has 1 aromatic carbocycles.